The van der Waals surface area contributed by atoms with Crippen LogP contribution in [-0.2, 0) is 0 Å². The fourth-order valence-corrected chi connectivity index (χ4v) is 1.61. The van der Waals surface area contributed by atoms with Gasteiger partial charge in [0.2, 0.25) is 0 Å². The first-order chi connectivity index (χ1) is 6.24. The van der Waals surface area contributed by atoms with Crippen molar-refractivity contribution < 1.29 is 0 Å². The molecule has 0 aromatic rings. The summed E-state index contributed by atoms with van der Waals surface area (Å²) in [6.45, 7) is 8.52. The summed E-state index contributed by atoms with van der Waals surface area (Å²) in [6, 6.07) is 0. The minimum atomic E-state index is 0.214. The Bertz CT molecular complexity index is 98.7. The molecule has 0 saturated carbocycles. The Balaban J connectivity index is 3.97. The van der Waals surface area contributed by atoms with Crippen LogP contribution in [0, 0.1) is 0 Å². The molecular formula is C11H26N2. The van der Waals surface area contributed by atoms with Crippen molar-refractivity contribution in [2.75, 3.05) is 13.1 Å². The molecule has 3 N–H and O–H groups in total. The zero-order valence-electron chi connectivity index (χ0n) is 9.53. The molecule has 0 rings (SSSR count). The van der Waals surface area contributed by atoms with Crippen LogP contribution in [-0.4, -0.2) is 18.6 Å². The van der Waals surface area contributed by atoms with Gasteiger partial charge in [-0.05, 0) is 25.8 Å². The zero-order chi connectivity index (χ0) is 10.2. The number of nitrogens with two attached hydrogens (primary N) is 1. The Morgan fingerprint density at radius 2 is 1.85 bits per heavy atom. The van der Waals surface area contributed by atoms with Gasteiger partial charge in [0, 0.05) is 12.1 Å². The van der Waals surface area contributed by atoms with Crippen LogP contribution in [0.3, 0.4) is 0 Å². The predicted molar refractivity (Wildman–Crippen MR) is 59.9 cm³/mol. The highest BCUT2D eigenvalue weighted by atomic mass is 15.0. The van der Waals surface area contributed by atoms with Gasteiger partial charge in [0.05, 0.1) is 0 Å². The lowest BCUT2D eigenvalue weighted by Gasteiger charge is -2.33. The molecule has 0 radical (unpaired) electrons. The van der Waals surface area contributed by atoms with Gasteiger partial charge in [-0.2, -0.15) is 0 Å². The van der Waals surface area contributed by atoms with Gasteiger partial charge in [0.1, 0.15) is 0 Å². The van der Waals surface area contributed by atoms with Gasteiger partial charge in [-0.1, -0.05) is 33.6 Å². The molecule has 1 atom stereocenters. The topological polar surface area (TPSA) is 38.0 Å². The molecule has 0 saturated heterocycles. The third kappa shape index (κ3) is 4.63. The second kappa shape index (κ2) is 7.34. The van der Waals surface area contributed by atoms with Gasteiger partial charge < -0.3 is 11.1 Å². The van der Waals surface area contributed by atoms with E-state index >= 15 is 0 Å². The first-order valence-electron chi connectivity index (χ1n) is 5.69. The standard InChI is InChI=1S/C11H26N2/c1-4-7-8-11(6-3,10-12)13-9-5-2/h13H,4-10,12H2,1-3H3. The number of unbranched alkanes of at least 4 members (excludes halogenated alkanes) is 1. The SMILES string of the molecule is CCCCC(CC)(CN)NCCC. The molecule has 0 fully saturated rings. The molecule has 0 bridgehead atoms. The van der Waals surface area contributed by atoms with Crippen molar-refractivity contribution in [2.45, 2.75) is 58.4 Å². The van der Waals surface area contributed by atoms with E-state index in [1.165, 1.54) is 25.7 Å². The Labute approximate surface area is 83.3 Å². The smallest absolute Gasteiger partial charge is 0.0301 e. The van der Waals surface area contributed by atoms with Crippen LogP contribution in [0.4, 0.5) is 0 Å². The van der Waals surface area contributed by atoms with Crippen molar-refractivity contribution in [1.82, 2.24) is 5.32 Å². The highest BCUT2D eigenvalue weighted by molar-refractivity contribution is 4.87. The van der Waals surface area contributed by atoms with Crippen LogP contribution < -0.4 is 11.1 Å². The molecule has 0 aromatic heterocycles. The summed E-state index contributed by atoms with van der Waals surface area (Å²) in [4.78, 5) is 0. The molecule has 0 spiro atoms. The zero-order valence-corrected chi connectivity index (χ0v) is 9.53. The number of nitrogens with one attached hydrogen (secondary N) is 1. The molecule has 0 aliphatic heterocycles. The summed E-state index contributed by atoms with van der Waals surface area (Å²) in [7, 11) is 0. The Hall–Kier alpha value is -0.0800. The van der Waals surface area contributed by atoms with E-state index in [-0.39, 0.29) is 5.54 Å². The Morgan fingerprint density at radius 3 is 2.23 bits per heavy atom. The Kier molecular flexibility index (Phi) is 7.29. The maximum Gasteiger partial charge on any atom is 0.0301 e. The van der Waals surface area contributed by atoms with Gasteiger partial charge >= 0.3 is 0 Å². The van der Waals surface area contributed by atoms with Crippen LogP contribution in [0.15, 0.2) is 0 Å². The van der Waals surface area contributed by atoms with Gasteiger partial charge in [-0.3, -0.25) is 0 Å². The molecule has 0 amide bonds. The highest BCUT2D eigenvalue weighted by Crippen LogP contribution is 2.17. The lowest BCUT2D eigenvalue weighted by atomic mass is 9.89. The minimum Gasteiger partial charge on any atom is -0.329 e. The van der Waals surface area contributed by atoms with Crippen LogP contribution in [0.5, 0.6) is 0 Å². The van der Waals surface area contributed by atoms with Crippen LogP contribution in [0.1, 0.15) is 52.9 Å². The predicted octanol–water partition coefficient (Wildman–Crippen LogP) is 2.28. The summed E-state index contributed by atoms with van der Waals surface area (Å²) in [5, 5.41) is 3.59. The van der Waals surface area contributed by atoms with E-state index in [1.54, 1.807) is 0 Å². The van der Waals surface area contributed by atoms with E-state index in [4.69, 9.17) is 5.73 Å². The summed E-state index contributed by atoms with van der Waals surface area (Å²) >= 11 is 0. The van der Waals surface area contributed by atoms with Crippen molar-refractivity contribution in [2.24, 2.45) is 5.73 Å². The third-order valence-corrected chi connectivity index (χ3v) is 2.83. The molecule has 13 heavy (non-hydrogen) atoms. The van der Waals surface area contributed by atoms with Crippen molar-refractivity contribution in [1.29, 1.82) is 0 Å². The van der Waals surface area contributed by atoms with E-state index in [2.05, 4.69) is 26.1 Å². The average Bonchev–Trinajstić information content (AvgIpc) is 2.20. The Morgan fingerprint density at radius 1 is 1.15 bits per heavy atom. The average molecular weight is 186 g/mol. The van der Waals surface area contributed by atoms with Crippen molar-refractivity contribution in [3.05, 3.63) is 0 Å². The number of rotatable bonds is 8. The summed E-state index contributed by atoms with van der Waals surface area (Å²) in [5.74, 6) is 0. The second-order valence-electron chi connectivity index (χ2n) is 3.87. The maximum absolute atomic E-state index is 5.84. The first kappa shape index (κ1) is 12.9. The van der Waals surface area contributed by atoms with Crippen molar-refractivity contribution in [3.8, 4) is 0 Å². The number of hydrogen-bond donors (Lipinski definition) is 2. The van der Waals surface area contributed by atoms with E-state index in [1.807, 2.05) is 0 Å². The van der Waals surface area contributed by atoms with E-state index in [9.17, 15) is 0 Å². The van der Waals surface area contributed by atoms with E-state index in [0.29, 0.717) is 0 Å². The van der Waals surface area contributed by atoms with Crippen LogP contribution >= 0.6 is 0 Å². The molecule has 80 valence electrons. The highest BCUT2D eigenvalue weighted by Gasteiger charge is 2.24. The fourth-order valence-electron chi connectivity index (χ4n) is 1.61. The quantitative estimate of drug-likeness (QED) is 0.610. The molecule has 2 heteroatoms. The van der Waals surface area contributed by atoms with Crippen LogP contribution in [0.2, 0.25) is 0 Å². The van der Waals surface area contributed by atoms with Gasteiger partial charge in [-0.15, -0.1) is 0 Å². The summed E-state index contributed by atoms with van der Waals surface area (Å²) in [5.41, 5.74) is 6.05. The number of hydrogen-bond acceptors (Lipinski definition) is 2. The van der Waals surface area contributed by atoms with Crippen molar-refractivity contribution >= 4 is 0 Å². The van der Waals surface area contributed by atoms with Gasteiger partial charge in [0.15, 0.2) is 0 Å². The molecule has 0 heterocycles. The second-order valence-corrected chi connectivity index (χ2v) is 3.87. The molecule has 2 nitrogen and oxygen atoms in total. The lowest BCUT2D eigenvalue weighted by Crippen LogP contribution is -2.51. The molecule has 0 aliphatic rings. The molecule has 1 unspecified atom stereocenters. The monoisotopic (exact) mass is 186 g/mol. The lowest BCUT2D eigenvalue weighted by molar-refractivity contribution is 0.292. The van der Waals surface area contributed by atoms with E-state index in [0.717, 1.165) is 19.5 Å². The van der Waals surface area contributed by atoms with Gasteiger partial charge in [0.25, 0.3) is 0 Å². The normalized spacial score (nSPS) is 15.7. The van der Waals surface area contributed by atoms with Crippen LogP contribution in [0.25, 0.3) is 0 Å². The first-order valence-corrected chi connectivity index (χ1v) is 5.69. The van der Waals surface area contributed by atoms with Crippen molar-refractivity contribution in [3.63, 3.8) is 0 Å². The van der Waals surface area contributed by atoms with E-state index < -0.39 is 0 Å². The maximum atomic E-state index is 5.84. The third-order valence-electron chi connectivity index (χ3n) is 2.83. The van der Waals surface area contributed by atoms with Gasteiger partial charge in [-0.25, -0.2) is 0 Å². The summed E-state index contributed by atoms with van der Waals surface area (Å²) in [6.07, 6.45) is 6.09. The largest absolute Gasteiger partial charge is 0.329 e. The minimum absolute atomic E-state index is 0.214. The summed E-state index contributed by atoms with van der Waals surface area (Å²) < 4.78 is 0. The molecule has 0 aliphatic carbocycles. The molecular weight excluding hydrogens is 160 g/mol. The molecule has 0 aromatic carbocycles. The fraction of sp³-hybridized carbons (Fsp3) is 1.00.